The van der Waals surface area contributed by atoms with E-state index < -0.39 is 0 Å². The molecule has 1 heterocycles. The van der Waals surface area contributed by atoms with Gasteiger partial charge in [-0.25, -0.2) is 4.39 Å². The molecule has 0 radical (unpaired) electrons. The van der Waals surface area contributed by atoms with E-state index in [0.29, 0.717) is 25.0 Å². The number of hydrogen-bond acceptors (Lipinski definition) is 4. The van der Waals surface area contributed by atoms with Gasteiger partial charge in [-0.2, -0.15) is 0 Å². The molecule has 0 aromatic heterocycles. The minimum absolute atomic E-state index is 0. The Balaban J connectivity index is 0.00000364. The second kappa shape index (κ2) is 14.0. The fourth-order valence-corrected chi connectivity index (χ4v) is 2.69. The topological polar surface area (TPSA) is 55.3 Å². The first-order valence-electron chi connectivity index (χ1n) is 9.18. The van der Waals surface area contributed by atoms with Crippen LogP contribution in [0.25, 0.3) is 0 Å². The van der Waals surface area contributed by atoms with Crippen LogP contribution in [0.1, 0.15) is 19.3 Å². The van der Waals surface area contributed by atoms with Crippen molar-refractivity contribution >= 4 is 29.9 Å². The summed E-state index contributed by atoms with van der Waals surface area (Å²) in [5.41, 5.74) is 0. The van der Waals surface area contributed by atoms with Gasteiger partial charge in [0, 0.05) is 40.5 Å². The monoisotopic (exact) mass is 495 g/mol. The van der Waals surface area contributed by atoms with E-state index in [-0.39, 0.29) is 29.8 Å². The van der Waals surface area contributed by atoms with Gasteiger partial charge in [-0.05, 0) is 43.5 Å². The summed E-state index contributed by atoms with van der Waals surface area (Å²) >= 11 is 0. The summed E-state index contributed by atoms with van der Waals surface area (Å²) in [5, 5.41) is 3.33. The molecule has 1 fully saturated rings. The Morgan fingerprint density at radius 3 is 2.63 bits per heavy atom. The van der Waals surface area contributed by atoms with Crippen molar-refractivity contribution < 1.29 is 18.6 Å². The van der Waals surface area contributed by atoms with E-state index in [1.807, 2.05) is 11.9 Å². The fraction of sp³-hybridized carbons (Fsp3) is 0.632. The molecule has 0 atom stereocenters. The van der Waals surface area contributed by atoms with Crippen molar-refractivity contribution in [2.24, 2.45) is 4.99 Å². The van der Waals surface area contributed by atoms with Gasteiger partial charge in [0.2, 0.25) is 0 Å². The molecule has 1 N–H and O–H groups in total. The van der Waals surface area contributed by atoms with Gasteiger partial charge in [0.15, 0.2) is 5.96 Å². The summed E-state index contributed by atoms with van der Waals surface area (Å²) in [6, 6.07) is 6.03. The summed E-state index contributed by atoms with van der Waals surface area (Å²) in [4.78, 5) is 6.28. The Kier molecular flexibility index (Phi) is 12.4. The van der Waals surface area contributed by atoms with Crippen molar-refractivity contribution in [2.45, 2.75) is 25.4 Å². The molecule has 0 aliphatic carbocycles. The number of aliphatic imine (C=N–C) groups is 1. The standard InChI is InChI=1S/C19H30FN3O3.HI/c1-21-19(22-10-3-12-25-18-8-13-24-14-9-18)23(2)11-15-26-17-6-4-16(20)5-7-17;/h4-7,18H,3,8-15H2,1-2H3,(H,21,22);1H. The van der Waals surface area contributed by atoms with Crippen LogP contribution in [0, 0.1) is 5.82 Å². The molecular formula is C19H31FIN3O3. The van der Waals surface area contributed by atoms with E-state index in [9.17, 15) is 4.39 Å². The molecule has 1 aliphatic rings. The normalized spacial score (nSPS) is 15.1. The predicted molar refractivity (Wildman–Crippen MR) is 116 cm³/mol. The molecule has 8 heteroatoms. The molecule has 2 rings (SSSR count). The lowest BCUT2D eigenvalue weighted by molar-refractivity contribution is -0.0320. The average Bonchev–Trinajstić information content (AvgIpc) is 2.67. The highest BCUT2D eigenvalue weighted by Gasteiger charge is 2.13. The van der Waals surface area contributed by atoms with Gasteiger partial charge in [-0.15, -0.1) is 24.0 Å². The summed E-state index contributed by atoms with van der Waals surface area (Å²) in [5.74, 6) is 1.21. The molecule has 0 unspecified atom stereocenters. The van der Waals surface area contributed by atoms with Crippen molar-refractivity contribution in [2.75, 3.05) is 53.6 Å². The van der Waals surface area contributed by atoms with Gasteiger partial charge in [0.05, 0.1) is 12.6 Å². The molecule has 1 aromatic carbocycles. The van der Waals surface area contributed by atoms with Crippen molar-refractivity contribution in [3.05, 3.63) is 30.1 Å². The van der Waals surface area contributed by atoms with Crippen molar-refractivity contribution in [1.29, 1.82) is 0 Å². The van der Waals surface area contributed by atoms with E-state index in [1.165, 1.54) is 12.1 Å². The predicted octanol–water partition coefficient (Wildman–Crippen LogP) is 2.92. The van der Waals surface area contributed by atoms with Crippen molar-refractivity contribution in [1.82, 2.24) is 10.2 Å². The Bertz CT molecular complexity index is 540. The summed E-state index contributed by atoms with van der Waals surface area (Å²) < 4.78 is 29.7. The highest BCUT2D eigenvalue weighted by molar-refractivity contribution is 14.0. The highest BCUT2D eigenvalue weighted by Crippen LogP contribution is 2.11. The van der Waals surface area contributed by atoms with E-state index in [0.717, 1.165) is 51.6 Å². The fourth-order valence-electron chi connectivity index (χ4n) is 2.69. The molecule has 1 saturated heterocycles. The molecule has 1 aliphatic heterocycles. The second-order valence-electron chi connectivity index (χ2n) is 6.23. The van der Waals surface area contributed by atoms with Gasteiger partial charge in [-0.1, -0.05) is 0 Å². The van der Waals surface area contributed by atoms with Crippen LogP contribution < -0.4 is 10.1 Å². The van der Waals surface area contributed by atoms with Crippen LogP contribution in [0.3, 0.4) is 0 Å². The number of benzene rings is 1. The van der Waals surface area contributed by atoms with Crippen LogP contribution in [-0.2, 0) is 9.47 Å². The van der Waals surface area contributed by atoms with Gasteiger partial charge in [0.25, 0.3) is 0 Å². The molecular weight excluding hydrogens is 464 g/mol. The third-order valence-electron chi connectivity index (χ3n) is 4.21. The zero-order valence-corrected chi connectivity index (χ0v) is 18.5. The summed E-state index contributed by atoms with van der Waals surface area (Å²) in [6.45, 7) is 4.33. The molecule has 27 heavy (non-hydrogen) atoms. The molecule has 6 nitrogen and oxygen atoms in total. The van der Waals surface area contributed by atoms with Crippen LogP contribution >= 0.6 is 24.0 Å². The Morgan fingerprint density at radius 1 is 1.26 bits per heavy atom. The molecule has 0 saturated carbocycles. The molecule has 154 valence electrons. The smallest absolute Gasteiger partial charge is 0.193 e. The number of halogens is 2. The minimum atomic E-state index is -0.264. The number of guanidine groups is 1. The molecule has 0 bridgehead atoms. The van der Waals surface area contributed by atoms with Crippen molar-refractivity contribution in [3.63, 3.8) is 0 Å². The van der Waals surface area contributed by atoms with Crippen LogP contribution in [-0.4, -0.2) is 70.6 Å². The zero-order valence-electron chi connectivity index (χ0n) is 16.2. The number of rotatable bonds is 9. The largest absolute Gasteiger partial charge is 0.492 e. The number of nitrogens with one attached hydrogen (secondary N) is 1. The Morgan fingerprint density at radius 2 is 1.96 bits per heavy atom. The quantitative estimate of drug-likeness (QED) is 0.247. The first-order chi connectivity index (χ1) is 12.7. The van der Waals surface area contributed by atoms with Crippen molar-refractivity contribution in [3.8, 4) is 5.75 Å². The third kappa shape index (κ3) is 9.57. The summed E-state index contributed by atoms with van der Waals surface area (Å²) in [7, 11) is 3.72. The maximum atomic E-state index is 12.9. The zero-order chi connectivity index (χ0) is 18.6. The Hall–Kier alpha value is -1.13. The minimum Gasteiger partial charge on any atom is -0.492 e. The lowest BCUT2D eigenvalue weighted by atomic mass is 10.1. The first kappa shape index (κ1) is 23.9. The molecule has 1 aromatic rings. The third-order valence-corrected chi connectivity index (χ3v) is 4.21. The number of hydrogen-bond donors (Lipinski definition) is 1. The lowest BCUT2D eigenvalue weighted by Crippen LogP contribution is -2.41. The highest BCUT2D eigenvalue weighted by atomic mass is 127. The SMILES string of the molecule is CN=C(NCCCOC1CCOCC1)N(C)CCOc1ccc(F)cc1.I. The van der Waals surface area contributed by atoms with Gasteiger partial charge >= 0.3 is 0 Å². The summed E-state index contributed by atoms with van der Waals surface area (Å²) in [6.07, 6.45) is 3.25. The van der Waals surface area contributed by atoms with E-state index in [2.05, 4.69) is 10.3 Å². The first-order valence-corrected chi connectivity index (χ1v) is 9.18. The Labute approximate surface area is 178 Å². The number of likely N-dealkylation sites (N-methyl/N-ethyl adjacent to an activating group) is 1. The maximum Gasteiger partial charge on any atom is 0.193 e. The van der Waals surface area contributed by atoms with Gasteiger partial charge < -0.3 is 24.4 Å². The van der Waals surface area contributed by atoms with E-state index >= 15 is 0 Å². The number of ether oxygens (including phenoxy) is 3. The average molecular weight is 495 g/mol. The lowest BCUT2D eigenvalue weighted by Gasteiger charge is -2.23. The van der Waals surface area contributed by atoms with E-state index in [1.54, 1.807) is 19.2 Å². The van der Waals surface area contributed by atoms with Crippen LogP contribution in [0.15, 0.2) is 29.3 Å². The van der Waals surface area contributed by atoms with E-state index in [4.69, 9.17) is 14.2 Å². The number of nitrogens with zero attached hydrogens (tertiary/aromatic N) is 2. The van der Waals surface area contributed by atoms with Crippen LogP contribution in [0.2, 0.25) is 0 Å². The molecule has 0 spiro atoms. The van der Waals surface area contributed by atoms with Gasteiger partial charge in [-0.3, -0.25) is 4.99 Å². The second-order valence-corrected chi connectivity index (χ2v) is 6.23. The van der Waals surface area contributed by atoms with Gasteiger partial charge in [0.1, 0.15) is 18.2 Å². The van der Waals surface area contributed by atoms with Crippen LogP contribution in [0.5, 0.6) is 5.75 Å². The van der Waals surface area contributed by atoms with Crippen LogP contribution in [0.4, 0.5) is 4.39 Å². The molecule has 0 amide bonds. The maximum absolute atomic E-state index is 12.9.